The number of hydrogen-bond acceptors (Lipinski definition) is 1. The fraction of sp³-hybridized carbons (Fsp3) is 0.292. The van der Waals surface area contributed by atoms with Gasteiger partial charge < -0.3 is 0 Å². The molecule has 0 atom stereocenters. The first-order chi connectivity index (χ1) is 12.2. The Morgan fingerprint density at radius 3 is 2.04 bits per heavy atom. The van der Waals surface area contributed by atoms with Crippen LogP contribution in [-0.4, -0.2) is 4.98 Å². The molecule has 0 spiro atoms. The number of benzene rings is 2. The Labute approximate surface area is 162 Å². The van der Waals surface area contributed by atoms with Crippen molar-refractivity contribution in [3.63, 3.8) is 0 Å². The van der Waals surface area contributed by atoms with Crippen LogP contribution in [0.25, 0.3) is 22.4 Å². The van der Waals surface area contributed by atoms with Crippen molar-refractivity contribution in [3.8, 4) is 22.4 Å². The first kappa shape index (κ1) is 18.7. The molecule has 26 heavy (non-hydrogen) atoms. The largest absolute Gasteiger partial charge is 0.255 e. The quantitative estimate of drug-likeness (QED) is 0.476. The van der Waals surface area contributed by atoms with Crippen LogP contribution in [0.15, 0.2) is 54.7 Å². The van der Waals surface area contributed by atoms with Gasteiger partial charge in [0.15, 0.2) is 0 Å². The minimum atomic E-state index is 0.284. The summed E-state index contributed by atoms with van der Waals surface area (Å²) >= 11 is 6.46. The second-order valence-corrected chi connectivity index (χ2v) is 8.77. The number of aromatic nitrogens is 1. The second-order valence-electron chi connectivity index (χ2n) is 8.36. The smallest absolute Gasteiger partial charge is 0.0709 e. The lowest BCUT2D eigenvalue weighted by molar-refractivity contribution is 0.411. The molecule has 1 heterocycles. The van der Waals surface area contributed by atoms with Gasteiger partial charge in [0.05, 0.1) is 10.7 Å². The van der Waals surface area contributed by atoms with Crippen molar-refractivity contribution in [1.29, 1.82) is 0 Å². The Bertz CT molecular complexity index is 898. The zero-order valence-corrected chi connectivity index (χ0v) is 17.0. The Morgan fingerprint density at radius 1 is 0.846 bits per heavy atom. The minimum absolute atomic E-state index is 0.284. The summed E-state index contributed by atoms with van der Waals surface area (Å²) < 4.78 is 0. The second kappa shape index (κ2) is 7.25. The van der Waals surface area contributed by atoms with Crippen LogP contribution in [0.4, 0.5) is 0 Å². The van der Waals surface area contributed by atoms with E-state index in [0.717, 1.165) is 28.8 Å². The van der Waals surface area contributed by atoms with Gasteiger partial charge in [-0.2, -0.15) is 0 Å². The monoisotopic (exact) mass is 363 g/mol. The molecule has 134 valence electrons. The number of rotatable bonds is 3. The molecule has 0 saturated carbocycles. The SMILES string of the molecule is Cc1cc(C)cc(-c2cc(-c3ccc(CC(C)(C)C)cc3)c(Cl)cn2)c1. The maximum absolute atomic E-state index is 6.46. The van der Waals surface area contributed by atoms with Crippen molar-refractivity contribution in [2.45, 2.75) is 41.0 Å². The molecule has 2 aromatic carbocycles. The van der Waals surface area contributed by atoms with Crippen molar-refractivity contribution in [2.75, 3.05) is 0 Å². The van der Waals surface area contributed by atoms with Crippen LogP contribution in [0.5, 0.6) is 0 Å². The molecule has 3 aromatic rings. The van der Waals surface area contributed by atoms with Crippen molar-refractivity contribution >= 4 is 11.6 Å². The Balaban J connectivity index is 1.98. The van der Waals surface area contributed by atoms with Gasteiger partial charge in [0, 0.05) is 17.3 Å². The highest BCUT2D eigenvalue weighted by Crippen LogP contribution is 2.32. The highest BCUT2D eigenvalue weighted by Gasteiger charge is 2.12. The molecule has 0 aliphatic carbocycles. The molecular weight excluding hydrogens is 338 g/mol. The average Bonchev–Trinajstić information content (AvgIpc) is 2.54. The zero-order chi connectivity index (χ0) is 18.9. The third-order valence-corrected chi connectivity index (χ3v) is 4.67. The molecule has 0 N–H and O–H groups in total. The number of halogens is 1. The van der Waals surface area contributed by atoms with Crippen LogP contribution in [0, 0.1) is 19.3 Å². The zero-order valence-electron chi connectivity index (χ0n) is 16.2. The predicted molar refractivity (Wildman–Crippen MR) is 113 cm³/mol. The lowest BCUT2D eigenvalue weighted by Crippen LogP contribution is -2.08. The van der Waals surface area contributed by atoms with Gasteiger partial charge in [-0.05, 0) is 55.0 Å². The highest BCUT2D eigenvalue weighted by atomic mass is 35.5. The molecule has 2 heteroatoms. The van der Waals surface area contributed by atoms with E-state index in [1.54, 1.807) is 6.20 Å². The van der Waals surface area contributed by atoms with E-state index >= 15 is 0 Å². The van der Waals surface area contributed by atoms with E-state index in [1.165, 1.54) is 16.7 Å². The summed E-state index contributed by atoms with van der Waals surface area (Å²) in [6.07, 6.45) is 2.82. The van der Waals surface area contributed by atoms with Crippen molar-refractivity contribution in [3.05, 3.63) is 76.4 Å². The summed E-state index contributed by atoms with van der Waals surface area (Å²) in [5.74, 6) is 0. The number of pyridine rings is 1. The van der Waals surface area contributed by atoms with E-state index in [9.17, 15) is 0 Å². The summed E-state index contributed by atoms with van der Waals surface area (Å²) in [5, 5.41) is 0.682. The molecule has 0 bridgehead atoms. The standard InChI is InChI=1S/C24H26ClN/c1-16-10-17(2)12-20(11-16)23-13-21(22(25)15-26-23)19-8-6-18(7-9-19)14-24(3,4)5/h6-13,15H,14H2,1-5H3. The van der Waals surface area contributed by atoms with Crippen LogP contribution >= 0.6 is 11.6 Å². The summed E-state index contributed by atoms with van der Waals surface area (Å²) in [4.78, 5) is 4.55. The van der Waals surface area contributed by atoms with Gasteiger partial charge in [-0.3, -0.25) is 4.98 Å². The Kier molecular flexibility index (Phi) is 5.20. The molecule has 3 rings (SSSR count). The third-order valence-electron chi connectivity index (χ3n) is 4.37. The van der Waals surface area contributed by atoms with Crippen LogP contribution in [0.1, 0.15) is 37.5 Å². The van der Waals surface area contributed by atoms with Gasteiger partial charge in [0.25, 0.3) is 0 Å². The van der Waals surface area contributed by atoms with Crippen molar-refractivity contribution in [2.24, 2.45) is 5.41 Å². The number of nitrogens with zero attached hydrogens (tertiary/aromatic N) is 1. The topological polar surface area (TPSA) is 12.9 Å². The van der Waals surface area contributed by atoms with Gasteiger partial charge in [0.1, 0.15) is 0 Å². The van der Waals surface area contributed by atoms with Crippen LogP contribution < -0.4 is 0 Å². The fourth-order valence-corrected chi connectivity index (χ4v) is 3.57. The van der Waals surface area contributed by atoms with E-state index < -0.39 is 0 Å². The van der Waals surface area contributed by atoms with Crippen LogP contribution in [0.3, 0.4) is 0 Å². The molecule has 0 saturated heterocycles. The molecule has 0 aliphatic rings. The van der Waals surface area contributed by atoms with Gasteiger partial charge in [-0.15, -0.1) is 0 Å². The lowest BCUT2D eigenvalue weighted by Gasteiger charge is -2.18. The van der Waals surface area contributed by atoms with E-state index in [1.807, 2.05) is 0 Å². The molecule has 0 radical (unpaired) electrons. The first-order valence-electron chi connectivity index (χ1n) is 9.05. The highest BCUT2D eigenvalue weighted by molar-refractivity contribution is 6.33. The van der Waals surface area contributed by atoms with Crippen LogP contribution in [-0.2, 0) is 6.42 Å². The molecule has 0 unspecified atom stereocenters. The third kappa shape index (κ3) is 4.53. The molecular formula is C24H26ClN. The van der Waals surface area contributed by atoms with Gasteiger partial charge in [-0.1, -0.05) is 73.8 Å². The molecule has 0 aliphatic heterocycles. The Morgan fingerprint density at radius 2 is 1.46 bits per heavy atom. The number of hydrogen-bond donors (Lipinski definition) is 0. The van der Waals surface area contributed by atoms with E-state index in [4.69, 9.17) is 11.6 Å². The molecule has 0 amide bonds. The van der Waals surface area contributed by atoms with Gasteiger partial charge in [-0.25, -0.2) is 0 Å². The average molecular weight is 364 g/mol. The summed E-state index contributed by atoms with van der Waals surface area (Å²) in [7, 11) is 0. The van der Waals surface area contributed by atoms with E-state index in [0.29, 0.717) is 5.02 Å². The van der Waals surface area contributed by atoms with Crippen molar-refractivity contribution < 1.29 is 0 Å². The summed E-state index contributed by atoms with van der Waals surface area (Å²) in [6.45, 7) is 11.0. The predicted octanol–water partition coefficient (Wildman–Crippen LogP) is 7.27. The lowest BCUT2D eigenvalue weighted by atomic mass is 9.87. The number of aryl methyl sites for hydroxylation is 2. The first-order valence-corrected chi connectivity index (χ1v) is 9.43. The summed E-state index contributed by atoms with van der Waals surface area (Å²) in [5.41, 5.74) is 8.35. The van der Waals surface area contributed by atoms with Gasteiger partial charge in [0.2, 0.25) is 0 Å². The molecule has 1 nitrogen and oxygen atoms in total. The fourth-order valence-electron chi connectivity index (χ4n) is 3.35. The maximum Gasteiger partial charge on any atom is 0.0709 e. The van der Waals surface area contributed by atoms with Crippen LogP contribution in [0.2, 0.25) is 5.02 Å². The summed E-state index contributed by atoms with van der Waals surface area (Å²) in [6, 6.07) is 17.3. The normalized spacial score (nSPS) is 11.6. The molecule has 0 fully saturated rings. The Hall–Kier alpha value is -2.12. The van der Waals surface area contributed by atoms with E-state index in [2.05, 4.69) is 88.1 Å². The van der Waals surface area contributed by atoms with Gasteiger partial charge >= 0.3 is 0 Å². The maximum atomic E-state index is 6.46. The van der Waals surface area contributed by atoms with E-state index in [-0.39, 0.29) is 5.41 Å². The molecule has 1 aromatic heterocycles. The van der Waals surface area contributed by atoms with Crippen molar-refractivity contribution in [1.82, 2.24) is 4.98 Å². The minimum Gasteiger partial charge on any atom is -0.255 e.